The summed E-state index contributed by atoms with van der Waals surface area (Å²) in [6.45, 7) is 0.720. The second-order valence-electron chi connectivity index (χ2n) is 4.75. The zero-order valence-corrected chi connectivity index (χ0v) is 10.6. The lowest BCUT2D eigenvalue weighted by atomic mass is 10.2. The Kier molecular flexibility index (Phi) is 3.19. The second-order valence-corrected chi connectivity index (χ2v) is 4.75. The smallest absolute Gasteiger partial charge is 0.229 e. The molecule has 1 aliphatic rings. The molecule has 0 aliphatic carbocycles. The number of hydrogen-bond acceptors (Lipinski definition) is 2. The lowest BCUT2D eigenvalue weighted by Crippen LogP contribution is -2.27. The summed E-state index contributed by atoms with van der Waals surface area (Å²) in [6, 6.07) is 20.0. The molecule has 1 heterocycles. The van der Waals surface area contributed by atoms with E-state index in [1.165, 1.54) is 0 Å². The standard InChI is InChI=1S/C16H16N2O/c19-16-11-14(17-13-7-3-1-4-8-13)12-18(16)15-9-5-2-6-10-15/h1-10,14,17H,11-12H2. The molecular weight excluding hydrogens is 236 g/mol. The minimum atomic E-state index is 0.176. The Hall–Kier alpha value is -2.29. The third-order valence-corrected chi connectivity index (χ3v) is 3.34. The highest BCUT2D eigenvalue weighted by Crippen LogP contribution is 2.23. The second kappa shape index (κ2) is 5.14. The van der Waals surface area contributed by atoms with Crippen molar-refractivity contribution >= 4 is 17.3 Å². The topological polar surface area (TPSA) is 32.3 Å². The number of amides is 1. The number of para-hydroxylation sites is 2. The van der Waals surface area contributed by atoms with Crippen LogP contribution in [-0.2, 0) is 4.79 Å². The molecule has 2 aromatic rings. The number of anilines is 2. The van der Waals surface area contributed by atoms with Gasteiger partial charge < -0.3 is 10.2 Å². The maximum absolute atomic E-state index is 12.1. The zero-order chi connectivity index (χ0) is 13.1. The van der Waals surface area contributed by atoms with Crippen molar-refractivity contribution in [2.45, 2.75) is 12.5 Å². The van der Waals surface area contributed by atoms with Gasteiger partial charge in [-0.1, -0.05) is 36.4 Å². The highest BCUT2D eigenvalue weighted by Gasteiger charge is 2.30. The van der Waals surface area contributed by atoms with Crippen LogP contribution in [-0.4, -0.2) is 18.5 Å². The average molecular weight is 252 g/mol. The molecule has 1 atom stereocenters. The lowest BCUT2D eigenvalue weighted by molar-refractivity contribution is -0.117. The van der Waals surface area contributed by atoms with Crippen molar-refractivity contribution in [3.63, 3.8) is 0 Å². The van der Waals surface area contributed by atoms with E-state index in [0.29, 0.717) is 6.42 Å². The van der Waals surface area contributed by atoms with Crippen LogP contribution in [0.2, 0.25) is 0 Å². The molecule has 0 saturated carbocycles. The van der Waals surface area contributed by atoms with E-state index in [0.717, 1.165) is 17.9 Å². The number of carbonyl (C=O) groups is 1. The first-order valence-electron chi connectivity index (χ1n) is 6.50. The van der Waals surface area contributed by atoms with Crippen LogP contribution in [0.1, 0.15) is 6.42 Å². The molecule has 96 valence electrons. The Labute approximate surface area is 112 Å². The van der Waals surface area contributed by atoms with Crippen molar-refractivity contribution in [2.75, 3.05) is 16.8 Å². The number of carbonyl (C=O) groups excluding carboxylic acids is 1. The number of hydrogen-bond donors (Lipinski definition) is 1. The van der Waals surface area contributed by atoms with Gasteiger partial charge in [0.25, 0.3) is 0 Å². The molecule has 1 amide bonds. The Balaban J connectivity index is 1.70. The summed E-state index contributed by atoms with van der Waals surface area (Å²) >= 11 is 0. The predicted molar refractivity (Wildman–Crippen MR) is 77.3 cm³/mol. The molecule has 1 N–H and O–H groups in total. The molecule has 0 radical (unpaired) electrons. The van der Waals surface area contributed by atoms with Gasteiger partial charge in [-0.2, -0.15) is 0 Å². The molecule has 1 saturated heterocycles. The predicted octanol–water partition coefficient (Wildman–Crippen LogP) is 2.90. The summed E-state index contributed by atoms with van der Waals surface area (Å²) in [6.07, 6.45) is 0.545. The molecule has 3 rings (SSSR count). The first kappa shape index (κ1) is 11.8. The van der Waals surface area contributed by atoms with E-state index >= 15 is 0 Å². The minimum absolute atomic E-state index is 0.176. The Bertz CT molecular complexity index is 553. The highest BCUT2D eigenvalue weighted by molar-refractivity contribution is 5.96. The fourth-order valence-corrected chi connectivity index (χ4v) is 2.43. The Morgan fingerprint density at radius 2 is 1.58 bits per heavy atom. The molecule has 1 fully saturated rings. The van der Waals surface area contributed by atoms with Gasteiger partial charge in [0, 0.05) is 24.3 Å². The summed E-state index contributed by atoms with van der Waals surface area (Å²) in [5.41, 5.74) is 2.04. The summed E-state index contributed by atoms with van der Waals surface area (Å²) < 4.78 is 0. The van der Waals surface area contributed by atoms with Crippen LogP contribution in [0, 0.1) is 0 Å². The van der Waals surface area contributed by atoms with Crippen LogP contribution in [0.5, 0.6) is 0 Å². The molecule has 1 unspecified atom stereocenters. The number of rotatable bonds is 3. The van der Waals surface area contributed by atoms with Gasteiger partial charge in [-0.25, -0.2) is 0 Å². The van der Waals surface area contributed by atoms with Crippen LogP contribution in [0.4, 0.5) is 11.4 Å². The van der Waals surface area contributed by atoms with Gasteiger partial charge in [-0.05, 0) is 24.3 Å². The van der Waals surface area contributed by atoms with E-state index in [1.807, 2.05) is 65.6 Å². The number of benzene rings is 2. The highest BCUT2D eigenvalue weighted by atomic mass is 16.2. The molecule has 3 heteroatoms. The normalized spacial score (nSPS) is 18.6. The van der Waals surface area contributed by atoms with Gasteiger partial charge in [0.05, 0.1) is 6.04 Å². The number of nitrogens with one attached hydrogen (secondary N) is 1. The van der Waals surface area contributed by atoms with Gasteiger partial charge in [0.15, 0.2) is 0 Å². The monoisotopic (exact) mass is 252 g/mol. The third-order valence-electron chi connectivity index (χ3n) is 3.34. The van der Waals surface area contributed by atoms with Crippen molar-refractivity contribution in [1.82, 2.24) is 0 Å². The average Bonchev–Trinajstić information content (AvgIpc) is 2.82. The SMILES string of the molecule is O=C1CC(Nc2ccccc2)CN1c1ccccc1. The quantitative estimate of drug-likeness (QED) is 0.911. The fraction of sp³-hybridized carbons (Fsp3) is 0.188. The van der Waals surface area contributed by atoms with E-state index in [-0.39, 0.29) is 11.9 Å². The molecule has 1 aliphatic heterocycles. The largest absolute Gasteiger partial charge is 0.380 e. The first-order valence-corrected chi connectivity index (χ1v) is 6.50. The number of nitrogens with zero attached hydrogens (tertiary/aromatic N) is 1. The van der Waals surface area contributed by atoms with Crippen LogP contribution >= 0.6 is 0 Å². The maximum atomic E-state index is 12.1. The van der Waals surface area contributed by atoms with Crippen molar-refractivity contribution < 1.29 is 4.79 Å². The molecule has 0 aromatic heterocycles. The molecule has 2 aromatic carbocycles. The van der Waals surface area contributed by atoms with Gasteiger partial charge in [-0.15, -0.1) is 0 Å². The summed E-state index contributed by atoms with van der Waals surface area (Å²) in [7, 11) is 0. The van der Waals surface area contributed by atoms with Gasteiger partial charge in [-0.3, -0.25) is 4.79 Å². The Morgan fingerprint density at radius 3 is 2.26 bits per heavy atom. The van der Waals surface area contributed by atoms with Crippen molar-refractivity contribution in [3.8, 4) is 0 Å². The third kappa shape index (κ3) is 2.60. The first-order chi connectivity index (χ1) is 9.33. The summed E-state index contributed by atoms with van der Waals surface area (Å²) in [4.78, 5) is 13.9. The minimum Gasteiger partial charge on any atom is -0.380 e. The lowest BCUT2D eigenvalue weighted by Gasteiger charge is -2.17. The Morgan fingerprint density at radius 1 is 0.947 bits per heavy atom. The fourth-order valence-electron chi connectivity index (χ4n) is 2.43. The molecule has 19 heavy (non-hydrogen) atoms. The summed E-state index contributed by atoms with van der Waals surface area (Å²) in [5.74, 6) is 0.180. The van der Waals surface area contributed by atoms with E-state index < -0.39 is 0 Å². The van der Waals surface area contributed by atoms with Crippen LogP contribution < -0.4 is 10.2 Å². The van der Waals surface area contributed by atoms with Crippen molar-refractivity contribution in [1.29, 1.82) is 0 Å². The van der Waals surface area contributed by atoms with Crippen molar-refractivity contribution in [3.05, 3.63) is 60.7 Å². The molecule has 3 nitrogen and oxygen atoms in total. The van der Waals surface area contributed by atoms with E-state index in [4.69, 9.17) is 0 Å². The maximum Gasteiger partial charge on any atom is 0.229 e. The molecule has 0 spiro atoms. The van der Waals surface area contributed by atoms with Gasteiger partial charge in [0.2, 0.25) is 5.91 Å². The molecular formula is C16H16N2O. The van der Waals surface area contributed by atoms with Crippen LogP contribution in [0.15, 0.2) is 60.7 Å². The van der Waals surface area contributed by atoms with Crippen LogP contribution in [0.3, 0.4) is 0 Å². The summed E-state index contributed by atoms with van der Waals surface area (Å²) in [5, 5.41) is 3.41. The van der Waals surface area contributed by atoms with E-state index in [2.05, 4.69) is 5.32 Å². The van der Waals surface area contributed by atoms with E-state index in [9.17, 15) is 4.79 Å². The van der Waals surface area contributed by atoms with E-state index in [1.54, 1.807) is 0 Å². The van der Waals surface area contributed by atoms with Gasteiger partial charge in [0.1, 0.15) is 0 Å². The van der Waals surface area contributed by atoms with Crippen molar-refractivity contribution in [2.24, 2.45) is 0 Å². The van der Waals surface area contributed by atoms with Crippen LogP contribution in [0.25, 0.3) is 0 Å². The van der Waals surface area contributed by atoms with Gasteiger partial charge >= 0.3 is 0 Å². The zero-order valence-electron chi connectivity index (χ0n) is 10.6. The molecule has 0 bridgehead atoms.